The summed E-state index contributed by atoms with van der Waals surface area (Å²) >= 11 is 0. The molecule has 0 atom stereocenters. The van der Waals surface area contributed by atoms with Crippen LogP contribution in [0.15, 0.2) is 71.3 Å². The van der Waals surface area contributed by atoms with Crippen LogP contribution in [0, 0.1) is 0 Å². The number of nitrogens with zero attached hydrogens (tertiary/aromatic N) is 2. The number of hydrogen-bond donors (Lipinski definition) is 1. The molecule has 0 amide bonds. The van der Waals surface area contributed by atoms with Crippen molar-refractivity contribution < 1.29 is 9.26 Å². The Morgan fingerprint density at radius 1 is 0.846 bits per heavy atom. The highest BCUT2D eigenvalue weighted by Gasteiger charge is 2.16. The second-order valence-corrected chi connectivity index (χ2v) is 6.01. The molecule has 0 fully saturated rings. The maximum Gasteiger partial charge on any atom is 0.185 e. The minimum atomic E-state index is 0.624. The van der Waals surface area contributed by atoms with Crippen LogP contribution in [0.1, 0.15) is 0 Å². The number of pyridine rings is 1. The summed E-state index contributed by atoms with van der Waals surface area (Å²) in [5.41, 5.74) is 3.48. The second kappa shape index (κ2) is 5.74. The number of ether oxygens (including phenoxy) is 1. The zero-order valence-corrected chi connectivity index (χ0v) is 14.1. The Labute approximate surface area is 149 Å². The van der Waals surface area contributed by atoms with Crippen molar-refractivity contribution in [3.05, 3.63) is 66.7 Å². The van der Waals surface area contributed by atoms with Gasteiger partial charge in [-0.15, -0.1) is 0 Å². The molecule has 0 aliphatic rings. The number of nitrogens with one attached hydrogen (secondary N) is 1. The van der Waals surface area contributed by atoms with E-state index in [9.17, 15) is 0 Å². The molecule has 1 N–H and O–H groups in total. The summed E-state index contributed by atoms with van der Waals surface area (Å²) in [6, 6.07) is 21.8. The first-order valence-electron chi connectivity index (χ1n) is 8.32. The molecular formula is C21H15N3O2. The number of benzene rings is 3. The van der Waals surface area contributed by atoms with Crippen molar-refractivity contribution in [2.24, 2.45) is 0 Å². The van der Waals surface area contributed by atoms with Crippen LogP contribution in [0.25, 0.3) is 32.8 Å². The van der Waals surface area contributed by atoms with Crippen molar-refractivity contribution in [1.82, 2.24) is 10.1 Å². The highest BCUT2D eigenvalue weighted by Crippen LogP contribution is 2.37. The molecular weight excluding hydrogens is 326 g/mol. The lowest BCUT2D eigenvalue weighted by molar-refractivity contribution is 0.419. The van der Waals surface area contributed by atoms with Crippen molar-refractivity contribution in [1.29, 1.82) is 0 Å². The van der Waals surface area contributed by atoms with Gasteiger partial charge in [0.1, 0.15) is 11.1 Å². The van der Waals surface area contributed by atoms with Crippen LogP contribution in [0.5, 0.6) is 5.75 Å². The number of hydrogen-bond acceptors (Lipinski definition) is 5. The number of rotatable bonds is 3. The van der Waals surface area contributed by atoms with E-state index in [0.717, 1.165) is 32.9 Å². The van der Waals surface area contributed by atoms with Gasteiger partial charge in [-0.1, -0.05) is 47.6 Å². The van der Waals surface area contributed by atoms with Gasteiger partial charge >= 0.3 is 0 Å². The predicted octanol–water partition coefficient (Wildman–Crippen LogP) is 5.28. The van der Waals surface area contributed by atoms with Crippen LogP contribution in [-0.2, 0) is 0 Å². The second-order valence-electron chi connectivity index (χ2n) is 6.01. The van der Waals surface area contributed by atoms with Crippen LogP contribution in [0.2, 0.25) is 0 Å². The molecule has 0 spiro atoms. The molecule has 5 nitrogen and oxygen atoms in total. The third-order valence-electron chi connectivity index (χ3n) is 4.51. The van der Waals surface area contributed by atoms with E-state index in [1.165, 1.54) is 0 Å². The van der Waals surface area contributed by atoms with Gasteiger partial charge in [0.2, 0.25) is 0 Å². The Morgan fingerprint density at radius 2 is 1.54 bits per heavy atom. The molecule has 126 valence electrons. The lowest BCUT2D eigenvalue weighted by Gasteiger charge is -2.12. The Balaban J connectivity index is 1.79. The van der Waals surface area contributed by atoms with Gasteiger partial charge in [-0.3, -0.25) is 0 Å². The first-order chi connectivity index (χ1) is 12.8. The molecule has 2 aromatic heterocycles. The first kappa shape index (κ1) is 14.7. The van der Waals surface area contributed by atoms with Gasteiger partial charge in [0.15, 0.2) is 11.4 Å². The summed E-state index contributed by atoms with van der Waals surface area (Å²) < 4.78 is 11.0. The summed E-state index contributed by atoms with van der Waals surface area (Å²) in [4.78, 5) is 4.76. The fourth-order valence-electron chi connectivity index (χ4n) is 3.31. The molecule has 0 unspecified atom stereocenters. The van der Waals surface area contributed by atoms with Crippen LogP contribution in [0.4, 0.5) is 11.5 Å². The van der Waals surface area contributed by atoms with E-state index in [-0.39, 0.29) is 0 Å². The number of para-hydroxylation sites is 2. The summed E-state index contributed by atoms with van der Waals surface area (Å²) in [7, 11) is 1.64. The lowest BCUT2D eigenvalue weighted by atomic mass is 10.1. The zero-order valence-electron chi connectivity index (χ0n) is 14.1. The predicted molar refractivity (Wildman–Crippen MR) is 103 cm³/mol. The third kappa shape index (κ3) is 2.18. The Hall–Kier alpha value is -3.60. The van der Waals surface area contributed by atoms with Gasteiger partial charge in [-0.2, -0.15) is 0 Å². The number of anilines is 2. The molecule has 3 aromatic carbocycles. The smallest absolute Gasteiger partial charge is 0.185 e. The van der Waals surface area contributed by atoms with E-state index in [2.05, 4.69) is 22.6 Å². The van der Waals surface area contributed by atoms with Crippen molar-refractivity contribution in [3.63, 3.8) is 0 Å². The van der Waals surface area contributed by atoms with Gasteiger partial charge in [0.05, 0.1) is 23.8 Å². The lowest BCUT2D eigenvalue weighted by Crippen LogP contribution is -1.96. The summed E-state index contributed by atoms with van der Waals surface area (Å²) in [6.07, 6.45) is 0. The van der Waals surface area contributed by atoms with E-state index >= 15 is 0 Å². The number of aromatic nitrogens is 2. The minimum Gasteiger partial charge on any atom is -0.496 e. The quantitative estimate of drug-likeness (QED) is 0.452. The highest BCUT2D eigenvalue weighted by molar-refractivity contribution is 6.10. The van der Waals surface area contributed by atoms with E-state index in [1.54, 1.807) is 7.11 Å². The molecule has 5 aromatic rings. The Bertz CT molecular complexity index is 1210. The van der Waals surface area contributed by atoms with Crippen molar-refractivity contribution in [2.45, 2.75) is 0 Å². The summed E-state index contributed by atoms with van der Waals surface area (Å²) in [5, 5.41) is 10.6. The van der Waals surface area contributed by atoms with Crippen LogP contribution in [0.3, 0.4) is 0 Å². The minimum absolute atomic E-state index is 0.624. The van der Waals surface area contributed by atoms with E-state index < -0.39 is 0 Å². The van der Waals surface area contributed by atoms with Crippen LogP contribution in [-0.4, -0.2) is 17.3 Å². The van der Waals surface area contributed by atoms with Gasteiger partial charge in [0.25, 0.3) is 0 Å². The molecule has 0 saturated carbocycles. The van der Waals surface area contributed by atoms with Gasteiger partial charge in [-0.05, 0) is 24.3 Å². The topological polar surface area (TPSA) is 60.2 Å². The average molecular weight is 341 g/mol. The Morgan fingerprint density at radius 3 is 2.23 bits per heavy atom. The standard InChI is InChI=1S/C21H15N3O2/c1-25-17-11-6-12-18-19(17)21(24-26-18)23-20-13-7-2-4-9-15(13)22-16-10-5-3-8-14(16)20/h2-12H,1H3,(H,22,23,24). The third-order valence-corrected chi connectivity index (χ3v) is 4.51. The Kier molecular flexibility index (Phi) is 3.25. The molecule has 0 saturated heterocycles. The van der Waals surface area contributed by atoms with Crippen molar-refractivity contribution in [2.75, 3.05) is 12.4 Å². The van der Waals surface area contributed by atoms with E-state index in [0.29, 0.717) is 17.2 Å². The van der Waals surface area contributed by atoms with E-state index in [4.69, 9.17) is 14.2 Å². The highest BCUT2D eigenvalue weighted by atomic mass is 16.5. The average Bonchev–Trinajstić information content (AvgIpc) is 3.11. The molecule has 2 heterocycles. The molecule has 0 radical (unpaired) electrons. The van der Waals surface area contributed by atoms with Crippen molar-refractivity contribution in [3.8, 4) is 5.75 Å². The first-order valence-corrected chi connectivity index (χ1v) is 8.32. The van der Waals surface area contributed by atoms with Gasteiger partial charge in [0, 0.05) is 10.8 Å². The zero-order chi connectivity index (χ0) is 17.5. The monoisotopic (exact) mass is 341 g/mol. The fourth-order valence-corrected chi connectivity index (χ4v) is 3.31. The molecule has 26 heavy (non-hydrogen) atoms. The maximum absolute atomic E-state index is 5.49. The molecule has 0 bridgehead atoms. The number of fused-ring (bicyclic) bond motifs is 3. The van der Waals surface area contributed by atoms with Crippen LogP contribution < -0.4 is 10.1 Å². The summed E-state index contributed by atoms with van der Waals surface area (Å²) in [5.74, 6) is 1.34. The largest absolute Gasteiger partial charge is 0.496 e. The molecule has 5 heteroatoms. The van der Waals surface area contributed by atoms with E-state index in [1.807, 2.05) is 54.6 Å². The van der Waals surface area contributed by atoms with Crippen LogP contribution >= 0.6 is 0 Å². The maximum atomic E-state index is 5.49. The summed E-state index contributed by atoms with van der Waals surface area (Å²) in [6.45, 7) is 0. The molecule has 0 aliphatic heterocycles. The number of methoxy groups -OCH3 is 1. The van der Waals surface area contributed by atoms with Crippen molar-refractivity contribution >= 4 is 44.3 Å². The molecule has 5 rings (SSSR count). The fraction of sp³-hybridized carbons (Fsp3) is 0.0476. The SMILES string of the molecule is COc1cccc2onc(Nc3c4ccccc4nc4ccccc34)c12. The van der Waals surface area contributed by atoms with Gasteiger partial charge in [-0.25, -0.2) is 4.98 Å². The normalized spacial score (nSPS) is 11.3. The van der Waals surface area contributed by atoms with Gasteiger partial charge < -0.3 is 14.6 Å². The molecule has 0 aliphatic carbocycles.